The van der Waals surface area contributed by atoms with Crippen LogP contribution in [0.2, 0.25) is 0 Å². The van der Waals surface area contributed by atoms with Crippen molar-refractivity contribution < 1.29 is 18.0 Å². The quantitative estimate of drug-likeness (QED) is 0.779. The molecule has 0 atom stereocenters. The largest absolute Gasteiger partial charge is 0.471 e. The lowest BCUT2D eigenvalue weighted by atomic mass is 10.0. The third kappa shape index (κ3) is 3.01. The normalized spacial score (nSPS) is 11.6. The van der Waals surface area contributed by atoms with Crippen molar-refractivity contribution in [1.29, 1.82) is 0 Å². The van der Waals surface area contributed by atoms with Crippen LogP contribution in [-0.4, -0.2) is 27.0 Å². The van der Waals surface area contributed by atoms with E-state index in [1.54, 1.807) is 36.5 Å². The molecular formula is C15H11F3N4O. The SMILES string of the molecule is O=C(NCc1ccccc1-c1ncnc2[nH]ccc12)C(F)(F)F. The maximum absolute atomic E-state index is 12.3. The molecule has 2 heterocycles. The van der Waals surface area contributed by atoms with Crippen molar-refractivity contribution >= 4 is 16.9 Å². The fourth-order valence-corrected chi connectivity index (χ4v) is 2.27. The number of alkyl halides is 3. The molecule has 0 aliphatic rings. The number of carbonyl (C=O) groups is 1. The lowest BCUT2D eigenvalue weighted by Gasteiger charge is -2.12. The Labute approximate surface area is 128 Å². The van der Waals surface area contributed by atoms with Gasteiger partial charge < -0.3 is 10.3 Å². The first-order valence-electron chi connectivity index (χ1n) is 6.68. The van der Waals surface area contributed by atoms with E-state index in [4.69, 9.17) is 0 Å². The minimum Gasteiger partial charge on any atom is -0.346 e. The third-order valence-electron chi connectivity index (χ3n) is 3.32. The van der Waals surface area contributed by atoms with E-state index in [9.17, 15) is 18.0 Å². The number of aromatic nitrogens is 3. The van der Waals surface area contributed by atoms with E-state index >= 15 is 0 Å². The lowest BCUT2D eigenvalue weighted by Crippen LogP contribution is -2.36. The number of nitrogens with one attached hydrogen (secondary N) is 2. The fraction of sp³-hybridized carbons (Fsp3) is 0.133. The van der Waals surface area contributed by atoms with Crippen molar-refractivity contribution in [2.75, 3.05) is 0 Å². The summed E-state index contributed by atoms with van der Waals surface area (Å²) in [5.74, 6) is -1.97. The van der Waals surface area contributed by atoms with Gasteiger partial charge in [-0.15, -0.1) is 0 Å². The van der Waals surface area contributed by atoms with Gasteiger partial charge in [-0.2, -0.15) is 13.2 Å². The van der Waals surface area contributed by atoms with Crippen molar-refractivity contribution in [3.63, 3.8) is 0 Å². The van der Waals surface area contributed by atoms with Crippen LogP contribution < -0.4 is 5.32 Å². The van der Waals surface area contributed by atoms with Gasteiger partial charge in [-0.1, -0.05) is 24.3 Å². The van der Waals surface area contributed by atoms with Gasteiger partial charge in [0, 0.05) is 23.7 Å². The smallest absolute Gasteiger partial charge is 0.346 e. The van der Waals surface area contributed by atoms with Gasteiger partial charge in [0.2, 0.25) is 0 Å². The van der Waals surface area contributed by atoms with Crippen LogP contribution in [0.25, 0.3) is 22.3 Å². The molecule has 1 aromatic carbocycles. The first-order chi connectivity index (χ1) is 11.0. The highest BCUT2D eigenvalue weighted by Crippen LogP contribution is 2.27. The molecule has 118 valence electrons. The van der Waals surface area contributed by atoms with Crippen LogP contribution in [-0.2, 0) is 11.3 Å². The zero-order chi connectivity index (χ0) is 16.4. The molecule has 0 fully saturated rings. The molecular weight excluding hydrogens is 309 g/mol. The molecule has 8 heteroatoms. The molecule has 0 saturated carbocycles. The number of hydrogen-bond acceptors (Lipinski definition) is 3. The highest BCUT2D eigenvalue weighted by atomic mass is 19.4. The summed E-state index contributed by atoms with van der Waals surface area (Å²) in [6.45, 7) is -0.246. The summed E-state index contributed by atoms with van der Waals surface area (Å²) in [5, 5.41) is 2.63. The van der Waals surface area contributed by atoms with E-state index in [0.717, 1.165) is 5.39 Å². The lowest BCUT2D eigenvalue weighted by molar-refractivity contribution is -0.173. The van der Waals surface area contributed by atoms with Crippen LogP contribution in [0, 0.1) is 0 Å². The number of benzene rings is 1. The summed E-state index contributed by atoms with van der Waals surface area (Å²) in [5.41, 5.74) is 2.39. The monoisotopic (exact) mass is 320 g/mol. The van der Waals surface area contributed by atoms with E-state index < -0.39 is 12.1 Å². The van der Waals surface area contributed by atoms with Gasteiger partial charge in [0.15, 0.2) is 0 Å². The average Bonchev–Trinajstić information content (AvgIpc) is 3.00. The number of H-pyrrole nitrogens is 1. The summed E-state index contributed by atoms with van der Waals surface area (Å²) in [6, 6.07) is 8.62. The van der Waals surface area contributed by atoms with Crippen LogP contribution in [0.5, 0.6) is 0 Å². The van der Waals surface area contributed by atoms with Gasteiger partial charge in [0.1, 0.15) is 12.0 Å². The summed E-state index contributed by atoms with van der Waals surface area (Å²) >= 11 is 0. The number of carbonyl (C=O) groups excluding carboxylic acids is 1. The topological polar surface area (TPSA) is 70.7 Å². The van der Waals surface area contributed by atoms with Gasteiger partial charge >= 0.3 is 12.1 Å². The van der Waals surface area contributed by atoms with E-state index in [-0.39, 0.29) is 6.54 Å². The maximum atomic E-state index is 12.3. The Morgan fingerprint density at radius 2 is 1.96 bits per heavy atom. The zero-order valence-electron chi connectivity index (χ0n) is 11.7. The van der Waals surface area contributed by atoms with Crippen molar-refractivity contribution in [2.45, 2.75) is 12.7 Å². The van der Waals surface area contributed by atoms with Crippen LogP contribution >= 0.6 is 0 Å². The fourth-order valence-electron chi connectivity index (χ4n) is 2.27. The molecule has 0 aliphatic heterocycles. The second-order valence-corrected chi connectivity index (χ2v) is 4.80. The molecule has 23 heavy (non-hydrogen) atoms. The second kappa shape index (κ2) is 5.71. The Hall–Kier alpha value is -2.90. The Morgan fingerprint density at radius 1 is 1.17 bits per heavy atom. The summed E-state index contributed by atoms with van der Waals surface area (Å²) < 4.78 is 36.9. The second-order valence-electron chi connectivity index (χ2n) is 4.80. The minimum absolute atomic E-state index is 0.246. The van der Waals surface area contributed by atoms with Gasteiger partial charge in [-0.25, -0.2) is 9.97 Å². The summed E-state index contributed by atoms with van der Waals surface area (Å²) in [4.78, 5) is 22.2. The van der Waals surface area contributed by atoms with Crippen LogP contribution in [0.1, 0.15) is 5.56 Å². The maximum Gasteiger partial charge on any atom is 0.471 e. The molecule has 0 bridgehead atoms. The number of rotatable bonds is 3. The van der Waals surface area contributed by atoms with Crippen LogP contribution in [0.3, 0.4) is 0 Å². The predicted octanol–water partition coefficient (Wildman–Crippen LogP) is 2.80. The van der Waals surface area contributed by atoms with Crippen LogP contribution in [0.4, 0.5) is 13.2 Å². The van der Waals surface area contributed by atoms with Crippen molar-refractivity contribution in [3.8, 4) is 11.3 Å². The molecule has 0 saturated heterocycles. The summed E-state index contributed by atoms with van der Waals surface area (Å²) in [6.07, 6.45) is -1.83. The third-order valence-corrected chi connectivity index (χ3v) is 3.32. The zero-order valence-corrected chi connectivity index (χ0v) is 11.7. The number of fused-ring (bicyclic) bond motifs is 1. The van der Waals surface area contributed by atoms with E-state index in [0.29, 0.717) is 22.5 Å². The molecule has 3 aromatic rings. The van der Waals surface area contributed by atoms with Gasteiger partial charge in [0.05, 0.1) is 5.69 Å². The Balaban J connectivity index is 1.95. The van der Waals surface area contributed by atoms with Gasteiger partial charge in [0.25, 0.3) is 0 Å². The van der Waals surface area contributed by atoms with E-state index in [1.807, 2.05) is 5.32 Å². The molecule has 5 nitrogen and oxygen atoms in total. The standard InChI is InChI=1S/C15H11F3N4O/c16-15(17,18)14(23)20-7-9-3-1-2-4-10(9)12-11-5-6-19-13(11)22-8-21-12/h1-6,8H,7H2,(H,20,23)(H,19,21,22). The number of amides is 1. The molecule has 1 amide bonds. The first kappa shape index (κ1) is 15.0. The molecule has 2 aromatic heterocycles. The van der Waals surface area contributed by atoms with Crippen molar-refractivity contribution in [3.05, 3.63) is 48.4 Å². The highest BCUT2D eigenvalue weighted by Gasteiger charge is 2.38. The summed E-state index contributed by atoms with van der Waals surface area (Å²) in [7, 11) is 0. The van der Waals surface area contributed by atoms with E-state index in [1.165, 1.54) is 6.33 Å². The Kier molecular flexibility index (Phi) is 3.73. The van der Waals surface area contributed by atoms with Gasteiger partial charge in [-0.3, -0.25) is 4.79 Å². The van der Waals surface area contributed by atoms with Crippen molar-refractivity contribution in [1.82, 2.24) is 20.3 Å². The Morgan fingerprint density at radius 3 is 2.74 bits per heavy atom. The molecule has 0 radical (unpaired) electrons. The number of aromatic amines is 1. The van der Waals surface area contributed by atoms with Gasteiger partial charge in [-0.05, 0) is 11.6 Å². The molecule has 0 spiro atoms. The van der Waals surface area contributed by atoms with Crippen LogP contribution in [0.15, 0.2) is 42.9 Å². The first-order valence-corrected chi connectivity index (χ1v) is 6.68. The number of halogens is 3. The predicted molar refractivity (Wildman–Crippen MR) is 77.2 cm³/mol. The molecule has 0 aliphatic carbocycles. The number of nitrogens with zero attached hydrogens (tertiary/aromatic N) is 2. The highest BCUT2D eigenvalue weighted by molar-refractivity contribution is 5.91. The van der Waals surface area contributed by atoms with Crippen molar-refractivity contribution in [2.24, 2.45) is 0 Å². The number of hydrogen-bond donors (Lipinski definition) is 2. The molecule has 3 rings (SSSR count). The molecule has 2 N–H and O–H groups in total. The average molecular weight is 320 g/mol. The minimum atomic E-state index is -4.90. The van der Waals surface area contributed by atoms with E-state index in [2.05, 4.69) is 15.0 Å². The Bertz CT molecular complexity index is 857. The molecule has 0 unspecified atom stereocenters.